The number of carboxylic acid groups (broad SMARTS) is 1. The number of benzene rings is 2. The maximum atomic E-state index is 13.2. The topological polar surface area (TPSA) is 114 Å². The summed E-state index contributed by atoms with van der Waals surface area (Å²) in [5.74, 6) is -1.62. The lowest BCUT2D eigenvalue weighted by Crippen LogP contribution is -2.59. The average Bonchev–Trinajstić information content (AvgIpc) is 3.33. The van der Waals surface area contributed by atoms with Crippen LogP contribution >= 0.6 is 0 Å². The summed E-state index contributed by atoms with van der Waals surface area (Å²) in [6.45, 7) is 0.123. The molecular formula is C26H26N4O5. The first-order valence-corrected chi connectivity index (χ1v) is 11.5. The number of rotatable bonds is 6. The normalized spacial score (nSPS) is 15.5. The van der Waals surface area contributed by atoms with E-state index in [9.17, 15) is 19.5 Å². The zero-order valence-electron chi connectivity index (χ0n) is 19.5. The number of nitrogens with zero attached hydrogens (tertiary/aromatic N) is 3. The summed E-state index contributed by atoms with van der Waals surface area (Å²) < 4.78 is 6.96. The Morgan fingerprint density at radius 1 is 1.11 bits per heavy atom. The number of hydrogen-bond donors (Lipinski definition) is 2. The van der Waals surface area contributed by atoms with E-state index in [0.717, 1.165) is 28.7 Å². The lowest BCUT2D eigenvalue weighted by atomic mass is 9.75. The lowest BCUT2D eigenvalue weighted by Gasteiger charge is -2.44. The Morgan fingerprint density at radius 3 is 2.26 bits per heavy atom. The van der Waals surface area contributed by atoms with Gasteiger partial charge in [-0.05, 0) is 41.5 Å². The number of amides is 2. The molecule has 0 aliphatic heterocycles. The molecule has 0 spiro atoms. The van der Waals surface area contributed by atoms with Crippen LogP contribution in [0.4, 0.5) is 10.6 Å². The molecule has 2 N–H and O–H groups in total. The van der Waals surface area contributed by atoms with Gasteiger partial charge in [0.25, 0.3) is 5.91 Å². The fourth-order valence-electron chi connectivity index (χ4n) is 5.05. The Hall–Kier alpha value is -4.14. The number of hydrogen-bond acceptors (Lipinski definition) is 5. The van der Waals surface area contributed by atoms with Gasteiger partial charge >= 0.3 is 12.1 Å². The van der Waals surface area contributed by atoms with Crippen LogP contribution < -0.4 is 5.32 Å². The van der Waals surface area contributed by atoms with Crippen LogP contribution in [0.15, 0.2) is 54.7 Å². The zero-order valence-corrected chi connectivity index (χ0v) is 19.5. The van der Waals surface area contributed by atoms with E-state index in [1.165, 1.54) is 22.8 Å². The highest BCUT2D eigenvalue weighted by Crippen LogP contribution is 2.44. The minimum Gasteiger partial charge on any atom is -0.479 e. The Morgan fingerprint density at radius 2 is 1.71 bits per heavy atom. The molecule has 2 aliphatic rings. The lowest BCUT2D eigenvalue weighted by molar-refractivity contribution is -0.154. The molecule has 0 unspecified atom stereocenters. The van der Waals surface area contributed by atoms with E-state index in [1.807, 2.05) is 36.4 Å². The first-order chi connectivity index (χ1) is 16.8. The molecule has 0 bridgehead atoms. The van der Waals surface area contributed by atoms with Crippen LogP contribution in [-0.4, -0.2) is 57.0 Å². The molecule has 2 aliphatic carbocycles. The van der Waals surface area contributed by atoms with Crippen molar-refractivity contribution in [3.63, 3.8) is 0 Å². The van der Waals surface area contributed by atoms with Gasteiger partial charge in [0, 0.05) is 26.2 Å². The summed E-state index contributed by atoms with van der Waals surface area (Å²) in [5.41, 5.74) is 3.32. The van der Waals surface area contributed by atoms with Crippen molar-refractivity contribution in [1.82, 2.24) is 14.7 Å². The zero-order chi connectivity index (χ0) is 24.7. The van der Waals surface area contributed by atoms with Gasteiger partial charge in [-0.25, -0.2) is 9.59 Å². The molecule has 0 saturated heterocycles. The number of aromatic nitrogens is 2. The van der Waals surface area contributed by atoms with E-state index >= 15 is 0 Å². The van der Waals surface area contributed by atoms with Crippen molar-refractivity contribution in [3.8, 4) is 11.1 Å². The molecule has 9 nitrogen and oxygen atoms in total. The van der Waals surface area contributed by atoms with Gasteiger partial charge in [-0.15, -0.1) is 0 Å². The monoisotopic (exact) mass is 474 g/mol. The van der Waals surface area contributed by atoms with Gasteiger partial charge in [0.2, 0.25) is 0 Å². The number of carboxylic acids is 1. The van der Waals surface area contributed by atoms with E-state index in [4.69, 9.17) is 4.74 Å². The van der Waals surface area contributed by atoms with E-state index in [2.05, 4.69) is 22.5 Å². The molecule has 35 heavy (non-hydrogen) atoms. The Labute approximate surface area is 202 Å². The van der Waals surface area contributed by atoms with Crippen LogP contribution in [-0.2, 0) is 16.6 Å². The summed E-state index contributed by atoms with van der Waals surface area (Å²) in [6, 6.07) is 16.1. The molecule has 2 aromatic carbocycles. The second-order valence-corrected chi connectivity index (χ2v) is 9.07. The van der Waals surface area contributed by atoms with Crippen molar-refractivity contribution in [2.24, 2.45) is 7.05 Å². The highest BCUT2D eigenvalue weighted by molar-refractivity contribution is 6.03. The smallest absolute Gasteiger partial charge is 0.412 e. The van der Waals surface area contributed by atoms with Gasteiger partial charge in [-0.2, -0.15) is 5.10 Å². The minimum absolute atomic E-state index is 0.0291. The van der Waals surface area contributed by atoms with Crippen molar-refractivity contribution in [2.45, 2.75) is 30.7 Å². The number of aryl methyl sites for hydroxylation is 1. The van der Waals surface area contributed by atoms with Crippen molar-refractivity contribution < 1.29 is 24.2 Å². The third-order valence-electron chi connectivity index (χ3n) is 7.15. The number of aliphatic carboxylic acids is 1. The summed E-state index contributed by atoms with van der Waals surface area (Å²) in [5, 5.41) is 16.4. The second-order valence-electron chi connectivity index (χ2n) is 9.07. The van der Waals surface area contributed by atoms with Crippen LogP contribution in [0.1, 0.15) is 46.7 Å². The molecule has 5 rings (SSSR count). The van der Waals surface area contributed by atoms with Gasteiger partial charge in [0.15, 0.2) is 5.82 Å². The molecule has 180 valence electrons. The third-order valence-corrected chi connectivity index (χ3v) is 7.15. The third kappa shape index (κ3) is 3.73. The van der Waals surface area contributed by atoms with Gasteiger partial charge in [-0.1, -0.05) is 48.5 Å². The molecule has 1 saturated carbocycles. The summed E-state index contributed by atoms with van der Waals surface area (Å²) in [7, 11) is 3.09. The molecule has 2 amide bonds. The Balaban J connectivity index is 1.31. The van der Waals surface area contributed by atoms with E-state index in [1.54, 1.807) is 7.05 Å². The maximum Gasteiger partial charge on any atom is 0.412 e. The summed E-state index contributed by atoms with van der Waals surface area (Å²) >= 11 is 0. The molecule has 1 fully saturated rings. The summed E-state index contributed by atoms with van der Waals surface area (Å²) in [4.78, 5) is 38.9. The number of anilines is 1. The predicted octanol–water partition coefficient (Wildman–Crippen LogP) is 3.86. The molecule has 1 heterocycles. The highest BCUT2D eigenvalue weighted by Gasteiger charge is 2.50. The molecule has 1 aromatic heterocycles. The van der Waals surface area contributed by atoms with Crippen molar-refractivity contribution in [1.29, 1.82) is 0 Å². The number of fused-ring (bicyclic) bond motifs is 3. The van der Waals surface area contributed by atoms with E-state index in [-0.39, 0.29) is 23.9 Å². The van der Waals surface area contributed by atoms with Crippen molar-refractivity contribution >= 4 is 23.8 Å². The van der Waals surface area contributed by atoms with Gasteiger partial charge < -0.3 is 14.7 Å². The molecule has 3 aromatic rings. The average molecular weight is 475 g/mol. The Kier molecular flexibility index (Phi) is 5.55. The SMILES string of the molecule is CN(C(=O)c1cn(C)nc1NC(=O)OCC1c2ccccc2-c2ccccc21)C1(C(=O)O)CCC1. The summed E-state index contributed by atoms with van der Waals surface area (Å²) in [6.07, 6.45) is 2.24. The fraction of sp³-hybridized carbons (Fsp3) is 0.308. The molecular weight excluding hydrogens is 448 g/mol. The Bertz CT molecular complexity index is 1280. The van der Waals surface area contributed by atoms with Crippen LogP contribution in [0.2, 0.25) is 0 Å². The predicted molar refractivity (Wildman–Crippen MR) is 128 cm³/mol. The number of nitrogens with one attached hydrogen (secondary N) is 1. The largest absolute Gasteiger partial charge is 0.479 e. The minimum atomic E-state index is -1.23. The second kappa shape index (κ2) is 8.57. The maximum absolute atomic E-state index is 13.2. The van der Waals surface area contributed by atoms with E-state index in [0.29, 0.717) is 12.8 Å². The first kappa shape index (κ1) is 22.6. The fourth-order valence-corrected chi connectivity index (χ4v) is 5.05. The number of likely N-dealkylation sites (N-methyl/N-ethyl adjacent to an activating group) is 1. The van der Waals surface area contributed by atoms with Gasteiger partial charge in [0.05, 0.1) is 0 Å². The van der Waals surface area contributed by atoms with Crippen molar-refractivity contribution in [3.05, 3.63) is 71.4 Å². The number of carbonyl (C=O) groups excluding carboxylic acids is 2. The quantitative estimate of drug-likeness (QED) is 0.561. The molecule has 9 heteroatoms. The standard InChI is InChI=1S/C26H26N4O5/c1-29-14-20(23(31)30(2)26(24(32)33)12-7-13-26)22(28-29)27-25(34)35-15-21-18-10-5-3-8-16(18)17-9-4-6-11-19(17)21/h3-6,8-11,14,21H,7,12-13,15H2,1-2H3,(H,32,33)(H,27,28,34). The first-order valence-electron chi connectivity index (χ1n) is 11.5. The number of carbonyl (C=O) groups is 3. The highest BCUT2D eigenvalue weighted by atomic mass is 16.5. The number of ether oxygens (including phenoxy) is 1. The molecule has 0 atom stereocenters. The van der Waals surface area contributed by atoms with Crippen LogP contribution in [0.5, 0.6) is 0 Å². The van der Waals surface area contributed by atoms with Crippen molar-refractivity contribution in [2.75, 3.05) is 19.0 Å². The van der Waals surface area contributed by atoms with Crippen LogP contribution in [0.3, 0.4) is 0 Å². The molecule has 0 radical (unpaired) electrons. The van der Waals surface area contributed by atoms with Crippen LogP contribution in [0, 0.1) is 0 Å². The van der Waals surface area contributed by atoms with Crippen LogP contribution in [0.25, 0.3) is 11.1 Å². The van der Waals surface area contributed by atoms with Gasteiger partial charge in [-0.3, -0.25) is 14.8 Å². The van der Waals surface area contributed by atoms with E-state index < -0.39 is 23.5 Å². The van der Waals surface area contributed by atoms with Gasteiger partial charge in [0.1, 0.15) is 17.7 Å².